The first-order valence-electron chi connectivity index (χ1n) is 8.44. The Morgan fingerprint density at radius 2 is 1.12 bits per heavy atom. The Balaban J connectivity index is 1.95. The molecule has 3 heteroatoms. The average molecular weight is 350 g/mol. The van der Waals surface area contributed by atoms with E-state index in [2.05, 4.69) is 0 Å². The number of hydrogen-bond donors (Lipinski definition) is 0. The molecule has 2 nitrogen and oxygen atoms in total. The molecule has 0 saturated carbocycles. The Bertz CT molecular complexity index is 858. The number of benzene rings is 3. The molecule has 25 heavy (non-hydrogen) atoms. The van der Waals surface area contributed by atoms with Crippen molar-refractivity contribution in [2.45, 2.75) is 29.9 Å². The highest BCUT2D eigenvalue weighted by Crippen LogP contribution is 2.23. The minimum absolute atomic E-state index is 0.398. The molecule has 0 aliphatic heterocycles. The van der Waals surface area contributed by atoms with Crippen LogP contribution >= 0.6 is 0 Å². The molecule has 3 rings (SSSR count). The van der Waals surface area contributed by atoms with Crippen molar-refractivity contribution in [2.75, 3.05) is 0 Å². The Morgan fingerprint density at radius 3 is 1.56 bits per heavy atom. The van der Waals surface area contributed by atoms with Crippen molar-refractivity contribution in [3.8, 4) is 0 Å². The third kappa shape index (κ3) is 4.37. The van der Waals surface area contributed by atoms with E-state index in [9.17, 15) is 8.42 Å². The van der Waals surface area contributed by atoms with Crippen molar-refractivity contribution < 1.29 is 8.42 Å². The maximum Gasteiger partial charge on any atom is 0.181 e. The summed E-state index contributed by atoms with van der Waals surface area (Å²) in [7, 11) is -3.41. The minimum atomic E-state index is -3.41. The van der Waals surface area contributed by atoms with Crippen LogP contribution in [0.5, 0.6) is 0 Å². The Labute approximate surface area is 150 Å². The SMILES string of the molecule is Cc1ccc(S(=O)(=O)C(Cc2ccccc2)Cc2ccccc2)cc1. The third-order valence-electron chi connectivity index (χ3n) is 4.40. The van der Waals surface area contributed by atoms with Gasteiger partial charge >= 0.3 is 0 Å². The highest BCUT2D eigenvalue weighted by Gasteiger charge is 2.28. The second kappa shape index (κ2) is 7.66. The van der Waals surface area contributed by atoms with E-state index in [1.165, 1.54) is 0 Å². The van der Waals surface area contributed by atoms with Crippen LogP contribution in [0.2, 0.25) is 0 Å². The summed E-state index contributed by atoms with van der Waals surface area (Å²) in [5, 5.41) is -0.486. The zero-order valence-electron chi connectivity index (χ0n) is 14.3. The van der Waals surface area contributed by atoms with Gasteiger partial charge in [0.15, 0.2) is 9.84 Å². The Morgan fingerprint density at radius 1 is 0.680 bits per heavy atom. The fourth-order valence-electron chi connectivity index (χ4n) is 2.97. The van der Waals surface area contributed by atoms with Gasteiger partial charge < -0.3 is 0 Å². The van der Waals surface area contributed by atoms with Crippen molar-refractivity contribution in [1.29, 1.82) is 0 Å². The van der Waals surface area contributed by atoms with Crippen LogP contribution in [-0.4, -0.2) is 13.7 Å². The van der Waals surface area contributed by atoms with Gasteiger partial charge in [-0.25, -0.2) is 8.42 Å². The van der Waals surface area contributed by atoms with Gasteiger partial charge in [0, 0.05) is 0 Å². The van der Waals surface area contributed by atoms with Gasteiger partial charge in [-0.1, -0.05) is 78.4 Å². The molecule has 0 bridgehead atoms. The standard InChI is InChI=1S/C22H22O2S/c1-18-12-14-21(15-13-18)25(23,24)22(16-19-8-4-2-5-9-19)17-20-10-6-3-7-11-20/h2-15,22H,16-17H2,1H3. The summed E-state index contributed by atoms with van der Waals surface area (Å²) in [6.07, 6.45) is 1.01. The normalized spacial score (nSPS) is 11.6. The molecule has 0 fully saturated rings. The van der Waals surface area contributed by atoms with Crippen molar-refractivity contribution in [1.82, 2.24) is 0 Å². The summed E-state index contributed by atoms with van der Waals surface area (Å²) in [6, 6.07) is 26.8. The molecular weight excluding hydrogens is 328 g/mol. The van der Waals surface area contributed by atoms with Gasteiger partial charge in [-0.05, 0) is 43.0 Å². The molecular formula is C22H22O2S. The van der Waals surface area contributed by atoms with Gasteiger partial charge in [-0.3, -0.25) is 0 Å². The maximum absolute atomic E-state index is 13.3. The van der Waals surface area contributed by atoms with Crippen LogP contribution in [0.15, 0.2) is 89.8 Å². The maximum atomic E-state index is 13.3. The molecule has 0 saturated heterocycles. The fourth-order valence-corrected chi connectivity index (χ4v) is 4.69. The van der Waals surface area contributed by atoms with Gasteiger partial charge in [-0.2, -0.15) is 0 Å². The predicted octanol–water partition coefficient (Wildman–Crippen LogP) is 4.62. The van der Waals surface area contributed by atoms with Crippen LogP contribution in [0.4, 0.5) is 0 Å². The van der Waals surface area contributed by atoms with Gasteiger partial charge in [0.1, 0.15) is 0 Å². The lowest BCUT2D eigenvalue weighted by molar-refractivity contribution is 0.576. The second-order valence-corrected chi connectivity index (χ2v) is 8.59. The van der Waals surface area contributed by atoms with Crippen LogP contribution in [0.25, 0.3) is 0 Å². The first-order chi connectivity index (χ1) is 12.1. The summed E-state index contributed by atoms with van der Waals surface area (Å²) in [5.41, 5.74) is 3.14. The Kier molecular flexibility index (Phi) is 5.34. The first kappa shape index (κ1) is 17.4. The molecule has 0 aliphatic carbocycles. The zero-order valence-corrected chi connectivity index (χ0v) is 15.1. The molecule has 3 aromatic carbocycles. The van der Waals surface area contributed by atoms with Crippen LogP contribution in [0.3, 0.4) is 0 Å². The number of sulfone groups is 1. The molecule has 0 aromatic heterocycles. The predicted molar refractivity (Wildman–Crippen MR) is 102 cm³/mol. The monoisotopic (exact) mass is 350 g/mol. The van der Waals surface area contributed by atoms with Gasteiger partial charge in [0.25, 0.3) is 0 Å². The minimum Gasteiger partial charge on any atom is -0.223 e. The first-order valence-corrected chi connectivity index (χ1v) is 9.99. The summed E-state index contributed by atoms with van der Waals surface area (Å²) in [6.45, 7) is 1.96. The van der Waals surface area contributed by atoms with Crippen LogP contribution in [0.1, 0.15) is 16.7 Å². The molecule has 0 unspecified atom stereocenters. The third-order valence-corrected chi connectivity index (χ3v) is 6.54. The number of aryl methyl sites for hydroxylation is 1. The van der Waals surface area contributed by atoms with Crippen molar-refractivity contribution in [3.05, 3.63) is 102 Å². The summed E-state index contributed by atoms with van der Waals surface area (Å²) >= 11 is 0. The fraction of sp³-hybridized carbons (Fsp3) is 0.182. The van der Waals surface area contributed by atoms with Gasteiger partial charge in [0.05, 0.1) is 10.1 Å². The van der Waals surface area contributed by atoms with E-state index in [-0.39, 0.29) is 0 Å². The molecule has 3 aromatic rings. The lowest BCUT2D eigenvalue weighted by Crippen LogP contribution is -2.26. The summed E-state index contributed by atoms with van der Waals surface area (Å²) in [4.78, 5) is 0.398. The quantitative estimate of drug-likeness (QED) is 0.650. The van der Waals surface area contributed by atoms with Crippen LogP contribution in [-0.2, 0) is 22.7 Å². The molecule has 0 aliphatic rings. The van der Waals surface area contributed by atoms with Crippen molar-refractivity contribution in [3.63, 3.8) is 0 Å². The van der Waals surface area contributed by atoms with E-state index >= 15 is 0 Å². The van der Waals surface area contributed by atoms with Crippen LogP contribution < -0.4 is 0 Å². The summed E-state index contributed by atoms with van der Waals surface area (Å²) < 4.78 is 26.5. The molecule has 0 radical (unpaired) electrons. The van der Waals surface area contributed by atoms with E-state index in [1.54, 1.807) is 12.1 Å². The highest BCUT2D eigenvalue weighted by atomic mass is 32.2. The number of rotatable bonds is 6. The molecule has 128 valence electrons. The lowest BCUT2D eigenvalue weighted by Gasteiger charge is -2.18. The molecule has 0 atom stereocenters. The topological polar surface area (TPSA) is 34.1 Å². The van der Waals surface area contributed by atoms with E-state index in [0.29, 0.717) is 17.7 Å². The van der Waals surface area contributed by atoms with Gasteiger partial charge in [-0.15, -0.1) is 0 Å². The van der Waals surface area contributed by atoms with Gasteiger partial charge in [0.2, 0.25) is 0 Å². The smallest absolute Gasteiger partial charge is 0.181 e. The Hall–Kier alpha value is -2.39. The molecule has 0 spiro atoms. The lowest BCUT2D eigenvalue weighted by atomic mass is 10.0. The molecule has 0 heterocycles. The van der Waals surface area contributed by atoms with Crippen molar-refractivity contribution >= 4 is 9.84 Å². The summed E-state index contributed by atoms with van der Waals surface area (Å²) in [5.74, 6) is 0. The van der Waals surface area contributed by atoms with E-state index in [0.717, 1.165) is 16.7 Å². The average Bonchev–Trinajstić information content (AvgIpc) is 2.63. The molecule has 0 amide bonds. The van der Waals surface area contributed by atoms with E-state index < -0.39 is 15.1 Å². The molecule has 0 N–H and O–H groups in total. The second-order valence-electron chi connectivity index (χ2n) is 6.36. The number of hydrogen-bond acceptors (Lipinski definition) is 2. The van der Waals surface area contributed by atoms with Crippen LogP contribution in [0, 0.1) is 6.92 Å². The zero-order chi connectivity index (χ0) is 17.7. The van der Waals surface area contributed by atoms with E-state index in [4.69, 9.17) is 0 Å². The van der Waals surface area contributed by atoms with Crippen molar-refractivity contribution in [2.24, 2.45) is 0 Å². The highest BCUT2D eigenvalue weighted by molar-refractivity contribution is 7.92. The van der Waals surface area contributed by atoms with E-state index in [1.807, 2.05) is 79.7 Å². The largest absolute Gasteiger partial charge is 0.223 e.